The molecule has 0 bridgehead atoms. The zero-order valence-corrected chi connectivity index (χ0v) is 15.3. The van der Waals surface area contributed by atoms with Gasteiger partial charge in [0.15, 0.2) is 0 Å². The van der Waals surface area contributed by atoms with E-state index in [4.69, 9.17) is 4.74 Å². The number of halogens is 1. The molecule has 3 rings (SSSR count). The van der Waals surface area contributed by atoms with Crippen LogP contribution in [0.2, 0.25) is 0 Å². The highest BCUT2D eigenvalue weighted by Gasteiger charge is 2.34. The van der Waals surface area contributed by atoms with Crippen molar-refractivity contribution in [2.45, 2.75) is 25.7 Å². The molecule has 1 aliphatic carbocycles. The maximum atomic E-state index is 12.2. The predicted molar refractivity (Wildman–Crippen MR) is 95.8 cm³/mol. The first kappa shape index (κ1) is 17.4. The van der Waals surface area contributed by atoms with Crippen LogP contribution in [0.25, 0.3) is 0 Å². The summed E-state index contributed by atoms with van der Waals surface area (Å²) in [5.41, 5.74) is 0.840. The number of nitrogens with one attached hydrogen (secondary N) is 1. The molecule has 2 aliphatic rings. The lowest BCUT2D eigenvalue weighted by atomic mass is 10.1. The first-order valence-electron chi connectivity index (χ1n) is 8.55. The predicted octanol–water partition coefficient (Wildman–Crippen LogP) is 2.73. The maximum absolute atomic E-state index is 12.2. The van der Waals surface area contributed by atoms with Gasteiger partial charge in [0.25, 0.3) is 0 Å². The highest BCUT2D eigenvalue weighted by molar-refractivity contribution is 9.10. The number of anilines is 1. The molecule has 0 aromatic heterocycles. The normalized spacial score (nSPS) is 20.5. The first-order valence-corrected chi connectivity index (χ1v) is 9.34. The van der Waals surface area contributed by atoms with Gasteiger partial charge in [0.05, 0.1) is 5.92 Å². The number of hydrogen-bond acceptors (Lipinski definition) is 3. The fourth-order valence-electron chi connectivity index (χ4n) is 2.82. The summed E-state index contributed by atoms with van der Waals surface area (Å²) in [6.07, 6.45) is 3.68. The largest absolute Gasteiger partial charge is 0.381 e. The van der Waals surface area contributed by atoms with Crippen LogP contribution in [-0.2, 0) is 14.3 Å². The van der Waals surface area contributed by atoms with Crippen LogP contribution in [0.5, 0.6) is 0 Å². The number of rotatable bonds is 8. The van der Waals surface area contributed by atoms with E-state index in [1.807, 2.05) is 24.3 Å². The van der Waals surface area contributed by atoms with E-state index in [1.165, 1.54) is 12.8 Å². The molecule has 1 saturated heterocycles. The van der Waals surface area contributed by atoms with Crippen LogP contribution >= 0.6 is 15.9 Å². The molecule has 1 heterocycles. The first-order chi connectivity index (χ1) is 11.6. The number of carbonyl (C=O) groups excluding carboxylic acids is 2. The standard InChI is InChI=1S/C18H23BrN2O3/c19-15-4-6-16(7-5-15)21-11-14(10-17(21)22)18(23)20-8-1-9-24-12-13-2-3-13/h4-7,13-14H,1-3,8-12H2,(H,20,23)/t14-/m1/s1. The molecule has 1 aromatic rings. The zero-order chi connectivity index (χ0) is 16.9. The molecule has 2 fully saturated rings. The summed E-state index contributed by atoms with van der Waals surface area (Å²) in [7, 11) is 0. The minimum absolute atomic E-state index is 0.00485. The van der Waals surface area contributed by atoms with E-state index in [9.17, 15) is 9.59 Å². The van der Waals surface area contributed by atoms with Crippen molar-refractivity contribution >= 4 is 33.4 Å². The molecule has 0 radical (unpaired) electrons. The van der Waals surface area contributed by atoms with Crippen LogP contribution < -0.4 is 10.2 Å². The van der Waals surface area contributed by atoms with Gasteiger partial charge in [-0.05, 0) is 49.4 Å². The molecule has 5 nitrogen and oxygen atoms in total. The fourth-order valence-corrected chi connectivity index (χ4v) is 3.08. The number of nitrogens with zero attached hydrogens (tertiary/aromatic N) is 1. The van der Waals surface area contributed by atoms with E-state index in [2.05, 4.69) is 21.2 Å². The SMILES string of the molecule is O=C(NCCCOCC1CC1)[C@@H]1CC(=O)N(c2ccc(Br)cc2)C1. The third kappa shape index (κ3) is 4.80. The number of carbonyl (C=O) groups is 2. The van der Waals surface area contributed by atoms with E-state index in [0.717, 1.165) is 29.1 Å². The van der Waals surface area contributed by atoms with Gasteiger partial charge in [0, 0.05) is 42.9 Å². The molecule has 130 valence electrons. The summed E-state index contributed by atoms with van der Waals surface area (Å²) in [4.78, 5) is 26.1. The van der Waals surface area contributed by atoms with Gasteiger partial charge in [-0.1, -0.05) is 15.9 Å². The number of ether oxygens (including phenoxy) is 1. The molecule has 2 amide bonds. The topological polar surface area (TPSA) is 58.6 Å². The summed E-state index contributed by atoms with van der Waals surface area (Å²) in [5, 5.41) is 2.92. The van der Waals surface area contributed by atoms with Crippen molar-refractivity contribution in [1.82, 2.24) is 5.32 Å². The van der Waals surface area contributed by atoms with Gasteiger partial charge >= 0.3 is 0 Å². The molecule has 1 atom stereocenters. The Morgan fingerprint density at radius 1 is 1.29 bits per heavy atom. The van der Waals surface area contributed by atoms with Gasteiger partial charge in [0.1, 0.15) is 0 Å². The lowest BCUT2D eigenvalue weighted by Crippen LogP contribution is -2.33. The van der Waals surface area contributed by atoms with Crippen molar-refractivity contribution in [2.75, 3.05) is 31.2 Å². The minimum atomic E-state index is -0.270. The van der Waals surface area contributed by atoms with Gasteiger partial charge in [-0.2, -0.15) is 0 Å². The second-order valence-electron chi connectivity index (χ2n) is 6.54. The summed E-state index contributed by atoms with van der Waals surface area (Å²) in [6, 6.07) is 7.58. The third-order valence-corrected chi connectivity index (χ3v) is 4.98. The second-order valence-corrected chi connectivity index (χ2v) is 7.46. The summed E-state index contributed by atoms with van der Waals surface area (Å²) >= 11 is 3.38. The van der Waals surface area contributed by atoms with Crippen LogP contribution in [0.15, 0.2) is 28.7 Å². The average Bonchev–Trinajstić information content (AvgIpc) is 3.32. The maximum Gasteiger partial charge on any atom is 0.227 e. The van der Waals surface area contributed by atoms with Gasteiger partial charge in [0.2, 0.25) is 11.8 Å². The van der Waals surface area contributed by atoms with Gasteiger partial charge in [-0.25, -0.2) is 0 Å². The Hall–Kier alpha value is -1.40. The molecule has 1 aromatic carbocycles. The quantitative estimate of drug-likeness (QED) is 0.689. The molecule has 6 heteroatoms. The van der Waals surface area contributed by atoms with Gasteiger partial charge in [-0.3, -0.25) is 9.59 Å². The fraction of sp³-hybridized carbons (Fsp3) is 0.556. The van der Waals surface area contributed by atoms with E-state index in [0.29, 0.717) is 19.7 Å². The molecule has 0 unspecified atom stereocenters. The molecular formula is C18H23BrN2O3. The Morgan fingerprint density at radius 3 is 2.75 bits per heavy atom. The van der Waals surface area contributed by atoms with Gasteiger partial charge < -0.3 is 15.0 Å². The highest BCUT2D eigenvalue weighted by Crippen LogP contribution is 2.29. The van der Waals surface area contributed by atoms with Gasteiger partial charge in [-0.15, -0.1) is 0 Å². The Morgan fingerprint density at radius 2 is 2.04 bits per heavy atom. The Balaban J connectivity index is 1.39. The lowest BCUT2D eigenvalue weighted by molar-refractivity contribution is -0.126. The van der Waals surface area contributed by atoms with E-state index in [1.54, 1.807) is 4.90 Å². The molecule has 0 spiro atoms. The smallest absolute Gasteiger partial charge is 0.227 e. The van der Waals surface area contributed by atoms with Crippen molar-refractivity contribution in [1.29, 1.82) is 0 Å². The molecule has 1 N–H and O–H groups in total. The van der Waals surface area contributed by atoms with Crippen LogP contribution in [-0.4, -0.2) is 38.1 Å². The summed E-state index contributed by atoms with van der Waals surface area (Å²) in [5.74, 6) is 0.470. The minimum Gasteiger partial charge on any atom is -0.381 e. The van der Waals surface area contributed by atoms with Crippen LogP contribution in [0.1, 0.15) is 25.7 Å². The van der Waals surface area contributed by atoms with Crippen molar-refractivity contribution in [3.8, 4) is 0 Å². The van der Waals surface area contributed by atoms with Crippen molar-refractivity contribution < 1.29 is 14.3 Å². The van der Waals surface area contributed by atoms with Crippen molar-refractivity contribution in [2.24, 2.45) is 11.8 Å². The monoisotopic (exact) mass is 394 g/mol. The number of benzene rings is 1. The van der Waals surface area contributed by atoms with Crippen LogP contribution in [0.4, 0.5) is 5.69 Å². The Bertz CT molecular complexity index is 586. The molecular weight excluding hydrogens is 372 g/mol. The van der Waals surface area contributed by atoms with E-state index >= 15 is 0 Å². The van der Waals surface area contributed by atoms with Crippen LogP contribution in [0, 0.1) is 11.8 Å². The third-order valence-electron chi connectivity index (χ3n) is 4.45. The van der Waals surface area contributed by atoms with E-state index in [-0.39, 0.29) is 24.2 Å². The van der Waals surface area contributed by atoms with E-state index < -0.39 is 0 Å². The lowest BCUT2D eigenvalue weighted by Gasteiger charge is -2.16. The average molecular weight is 395 g/mol. The summed E-state index contributed by atoms with van der Waals surface area (Å²) in [6.45, 7) is 2.59. The number of hydrogen-bond donors (Lipinski definition) is 1. The molecule has 24 heavy (non-hydrogen) atoms. The molecule has 1 aliphatic heterocycles. The van der Waals surface area contributed by atoms with Crippen molar-refractivity contribution in [3.05, 3.63) is 28.7 Å². The van der Waals surface area contributed by atoms with Crippen LogP contribution in [0.3, 0.4) is 0 Å². The highest BCUT2D eigenvalue weighted by atomic mass is 79.9. The molecule has 1 saturated carbocycles. The zero-order valence-electron chi connectivity index (χ0n) is 13.7. The Labute approximate surface area is 150 Å². The Kier molecular flexibility index (Phi) is 5.89. The number of amides is 2. The second kappa shape index (κ2) is 8.12. The van der Waals surface area contributed by atoms with Crippen molar-refractivity contribution in [3.63, 3.8) is 0 Å². The summed E-state index contributed by atoms with van der Waals surface area (Å²) < 4.78 is 6.52.